The number of alkyl halides is 2. The molecule has 0 unspecified atom stereocenters. The third-order valence-corrected chi connectivity index (χ3v) is 4.66. The van der Waals surface area contributed by atoms with Crippen molar-refractivity contribution in [2.24, 2.45) is 0 Å². The van der Waals surface area contributed by atoms with Crippen LogP contribution in [0.15, 0.2) is 55.0 Å². The van der Waals surface area contributed by atoms with Crippen LogP contribution in [0.3, 0.4) is 0 Å². The third kappa shape index (κ3) is 3.18. The molecule has 0 spiro atoms. The number of imidazole rings is 1. The Morgan fingerprint density at radius 2 is 1.87 bits per heavy atom. The Bertz CT molecular complexity index is 1300. The molecule has 1 aliphatic rings. The second-order valence-corrected chi connectivity index (χ2v) is 6.51. The lowest BCUT2D eigenvalue weighted by molar-refractivity contribution is -0.0498. The number of ether oxygens (including phenoxy) is 1. The minimum absolute atomic E-state index is 0.0186. The van der Waals surface area contributed by atoms with E-state index in [1.807, 2.05) is 4.57 Å². The second-order valence-electron chi connectivity index (χ2n) is 6.51. The summed E-state index contributed by atoms with van der Waals surface area (Å²) in [7, 11) is 0. The molecule has 0 saturated carbocycles. The van der Waals surface area contributed by atoms with Crippen LogP contribution in [0.4, 0.5) is 13.2 Å². The molecule has 148 valence electrons. The van der Waals surface area contributed by atoms with Crippen molar-refractivity contribution < 1.29 is 17.9 Å². The number of hydrogen-bond acceptors (Lipinski definition) is 4. The van der Waals surface area contributed by atoms with Crippen LogP contribution >= 0.6 is 0 Å². The van der Waals surface area contributed by atoms with Crippen LogP contribution in [-0.2, 0) is 6.42 Å². The number of rotatable bonds is 2. The molecule has 0 N–H and O–H groups in total. The number of fused-ring (bicyclic) bond motifs is 5. The van der Waals surface area contributed by atoms with Gasteiger partial charge in [-0.15, -0.1) is 5.10 Å². The van der Waals surface area contributed by atoms with Crippen LogP contribution in [0.1, 0.15) is 22.6 Å². The number of aromatic nitrogens is 5. The fourth-order valence-electron chi connectivity index (χ4n) is 3.32. The standard InChI is InChI=1S/C21H12F3N5O/c22-14-4-1-13(2-5-14)3-7-17-19-9-15-11-26-27-29(15)20-10-16(30-21(23)24)6-8-18(20)28(19)12-25-17/h1-2,4-6,8,10-12,21H,9H2. The highest BCUT2D eigenvalue weighted by Crippen LogP contribution is 2.31. The molecule has 30 heavy (non-hydrogen) atoms. The predicted octanol–water partition coefficient (Wildman–Crippen LogP) is 3.50. The molecule has 0 radical (unpaired) electrons. The van der Waals surface area contributed by atoms with E-state index in [4.69, 9.17) is 0 Å². The molecule has 3 heterocycles. The minimum atomic E-state index is -2.93. The monoisotopic (exact) mass is 407 g/mol. The molecule has 1 aliphatic heterocycles. The summed E-state index contributed by atoms with van der Waals surface area (Å²) < 4.78 is 46.3. The highest BCUT2D eigenvalue weighted by atomic mass is 19.3. The minimum Gasteiger partial charge on any atom is -0.435 e. The van der Waals surface area contributed by atoms with E-state index in [9.17, 15) is 13.2 Å². The molecule has 9 heteroatoms. The molecule has 0 aliphatic carbocycles. The first-order valence-electron chi connectivity index (χ1n) is 8.91. The Morgan fingerprint density at radius 3 is 2.67 bits per heavy atom. The van der Waals surface area contributed by atoms with E-state index in [-0.39, 0.29) is 11.6 Å². The summed E-state index contributed by atoms with van der Waals surface area (Å²) in [6.45, 7) is -2.93. The van der Waals surface area contributed by atoms with Gasteiger partial charge in [-0.2, -0.15) is 8.78 Å². The fourth-order valence-corrected chi connectivity index (χ4v) is 3.32. The van der Waals surface area contributed by atoms with Crippen molar-refractivity contribution in [3.8, 4) is 29.0 Å². The Hall–Kier alpha value is -4.06. The van der Waals surface area contributed by atoms with Gasteiger partial charge in [0.2, 0.25) is 0 Å². The van der Waals surface area contributed by atoms with Gasteiger partial charge in [0.15, 0.2) is 0 Å². The number of hydrogen-bond donors (Lipinski definition) is 0. The van der Waals surface area contributed by atoms with E-state index in [1.54, 1.807) is 35.4 Å². The maximum absolute atomic E-state index is 13.1. The van der Waals surface area contributed by atoms with Crippen LogP contribution in [0.25, 0.3) is 11.4 Å². The van der Waals surface area contributed by atoms with Gasteiger partial charge in [0.05, 0.1) is 29.0 Å². The quantitative estimate of drug-likeness (QED) is 0.421. The Morgan fingerprint density at radius 1 is 1.03 bits per heavy atom. The zero-order chi connectivity index (χ0) is 20.7. The van der Waals surface area contributed by atoms with Crippen molar-refractivity contribution in [2.45, 2.75) is 13.0 Å². The van der Waals surface area contributed by atoms with Crippen molar-refractivity contribution in [1.82, 2.24) is 24.5 Å². The molecule has 2 aromatic carbocycles. The average molecular weight is 407 g/mol. The Kier molecular flexibility index (Phi) is 4.25. The zero-order valence-corrected chi connectivity index (χ0v) is 15.3. The van der Waals surface area contributed by atoms with Gasteiger partial charge >= 0.3 is 6.61 Å². The zero-order valence-electron chi connectivity index (χ0n) is 15.3. The van der Waals surface area contributed by atoms with Crippen LogP contribution in [0, 0.1) is 17.7 Å². The fraction of sp³-hybridized carbons (Fsp3) is 0.0952. The number of benzene rings is 2. The summed E-state index contributed by atoms with van der Waals surface area (Å²) in [4.78, 5) is 4.41. The first kappa shape index (κ1) is 18.0. The van der Waals surface area contributed by atoms with Gasteiger partial charge < -0.3 is 4.74 Å². The molecular formula is C21H12F3N5O. The van der Waals surface area contributed by atoms with E-state index in [2.05, 4.69) is 31.9 Å². The van der Waals surface area contributed by atoms with E-state index in [0.717, 1.165) is 11.4 Å². The van der Waals surface area contributed by atoms with Crippen molar-refractivity contribution >= 4 is 0 Å². The SMILES string of the molecule is Fc1ccc(C#Cc2ncn3c2Cc2cnnn2-c2cc(OC(F)F)ccc2-3)cc1. The summed E-state index contributed by atoms with van der Waals surface area (Å²) in [6, 6.07) is 10.5. The first-order valence-corrected chi connectivity index (χ1v) is 8.91. The molecule has 0 fully saturated rings. The summed E-state index contributed by atoms with van der Waals surface area (Å²) in [5, 5.41) is 8.04. The summed E-state index contributed by atoms with van der Waals surface area (Å²) >= 11 is 0. The molecule has 2 aromatic heterocycles. The van der Waals surface area contributed by atoms with Gasteiger partial charge in [0, 0.05) is 18.1 Å². The van der Waals surface area contributed by atoms with Crippen molar-refractivity contribution in [2.75, 3.05) is 0 Å². The van der Waals surface area contributed by atoms with Crippen LogP contribution in [0.5, 0.6) is 5.75 Å². The third-order valence-electron chi connectivity index (χ3n) is 4.66. The van der Waals surface area contributed by atoms with Gasteiger partial charge in [0.1, 0.15) is 23.6 Å². The molecule has 4 aromatic rings. The molecule has 0 saturated heterocycles. The molecule has 6 nitrogen and oxygen atoms in total. The Labute approximate surface area is 168 Å². The van der Waals surface area contributed by atoms with Crippen molar-refractivity contribution in [3.05, 3.63) is 83.5 Å². The van der Waals surface area contributed by atoms with Gasteiger partial charge in [-0.3, -0.25) is 4.57 Å². The first-order chi connectivity index (χ1) is 14.6. The lowest BCUT2D eigenvalue weighted by Crippen LogP contribution is -2.06. The van der Waals surface area contributed by atoms with Crippen LogP contribution in [-0.4, -0.2) is 31.2 Å². The van der Waals surface area contributed by atoms with Crippen molar-refractivity contribution in [3.63, 3.8) is 0 Å². The van der Waals surface area contributed by atoms with E-state index in [1.165, 1.54) is 24.3 Å². The molecule has 0 bridgehead atoms. The van der Waals surface area contributed by atoms with Gasteiger partial charge in [0.25, 0.3) is 0 Å². The van der Waals surface area contributed by atoms with Crippen molar-refractivity contribution in [1.29, 1.82) is 0 Å². The molecule has 5 rings (SSSR count). The van der Waals surface area contributed by atoms with E-state index >= 15 is 0 Å². The maximum Gasteiger partial charge on any atom is 0.387 e. The summed E-state index contributed by atoms with van der Waals surface area (Å²) in [5.41, 5.74) is 3.97. The Balaban J connectivity index is 1.62. The smallest absolute Gasteiger partial charge is 0.387 e. The van der Waals surface area contributed by atoms with Gasteiger partial charge in [-0.1, -0.05) is 11.1 Å². The normalized spacial score (nSPS) is 11.7. The number of halogens is 3. The average Bonchev–Trinajstić information content (AvgIpc) is 3.32. The largest absolute Gasteiger partial charge is 0.435 e. The van der Waals surface area contributed by atoms with Gasteiger partial charge in [-0.05, 0) is 42.3 Å². The lowest BCUT2D eigenvalue weighted by atomic mass is 10.2. The summed E-state index contributed by atoms with van der Waals surface area (Å²) in [5.74, 6) is 5.70. The van der Waals surface area contributed by atoms with Crippen LogP contribution in [0.2, 0.25) is 0 Å². The number of nitrogens with zero attached hydrogens (tertiary/aromatic N) is 5. The summed E-state index contributed by atoms with van der Waals surface area (Å²) in [6.07, 6.45) is 3.65. The van der Waals surface area contributed by atoms with Gasteiger partial charge in [-0.25, -0.2) is 14.1 Å². The topological polar surface area (TPSA) is 57.8 Å². The second kappa shape index (κ2) is 7.08. The van der Waals surface area contributed by atoms with Crippen LogP contribution < -0.4 is 4.74 Å². The lowest BCUT2D eigenvalue weighted by Gasteiger charge is -2.12. The highest BCUT2D eigenvalue weighted by molar-refractivity contribution is 5.59. The van der Waals surface area contributed by atoms with E-state index in [0.29, 0.717) is 29.1 Å². The predicted molar refractivity (Wildman–Crippen MR) is 100 cm³/mol. The van der Waals surface area contributed by atoms with E-state index < -0.39 is 6.61 Å². The molecule has 0 atom stereocenters. The maximum atomic E-state index is 13.1. The molecular weight excluding hydrogens is 395 g/mol. The molecule has 0 amide bonds. The highest BCUT2D eigenvalue weighted by Gasteiger charge is 2.23.